The van der Waals surface area contributed by atoms with Gasteiger partial charge in [0.25, 0.3) is 0 Å². The summed E-state index contributed by atoms with van der Waals surface area (Å²) in [5.41, 5.74) is 6.79. The van der Waals surface area contributed by atoms with E-state index in [9.17, 15) is 9.90 Å². The smallest absolute Gasteiger partial charge is 0.360 e. The number of hydrogen-bond donors (Lipinski definition) is 3. The first-order valence-corrected chi connectivity index (χ1v) is 7.66. The van der Waals surface area contributed by atoms with Crippen molar-refractivity contribution in [1.29, 1.82) is 0 Å². The number of rotatable bonds is 7. The zero-order chi connectivity index (χ0) is 18.5. The highest BCUT2D eigenvalue weighted by atomic mass is 16.6. The number of carbonyl (C=O) groups is 1. The molecule has 0 spiro atoms. The molecular formula is C15H17N7O4. The van der Waals surface area contributed by atoms with E-state index in [2.05, 4.69) is 30.6 Å². The summed E-state index contributed by atoms with van der Waals surface area (Å²) in [6.07, 6.45) is -0.721. The first-order chi connectivity index (χ1) is 12.6. The molecule has 0 saturated heterocycles. The zero-order valence-electron chi connectivity index (χ0n) is 13.9. The lowest BCUT2D eigenvalue weighted by molar-refractivity contribution is 0.0592. The number of benzene rings is 1. The van der Waals surface area contributed by atoms with Crippen LogP contribution in [0, 0.1) is 0 Å². The summed E-state index contributed by atoms with van der Waals surface area (Å²) in [6, 6.07) is 9.19. The second-order valence-electron chi connectivity index (χ2n) is 5.32. The highest BCUT2D eigenvalue weighted by Crippen LogP contribution is 2.17. The third-order valence-corrected chi connectivity index (χ3v) is 3.65. The van der Waals surface area contributed by atoms with Gasteiger partial charge in [-0.15, -0.1) is 5.10 Å². The Labute approximate surface area is 147 Å². The Kier molecular flexibility index (Phi) is 5.20. The number of aliphatic hydroxyl groups excluding tert-OH is 1. The Balaban J connectivity index is 1.78. The lowest BCUT2D eigenvalue weighted by atomic mass is 10.1. The highest BCUT2D eigenvalue weighted by Gasteiger charge is 2.24. The Hall–Kier alpha value is -3.31. The lowest BCUT2D eigenvalue weighted by Gasteiger charge is -2.12. The molecule has 2 aromatic heterocycles. The number of ether oxygens (including phenoxy) is 1. The molecule has 11 nitrogen and oxygen atoms in total. The molecule has 0 amide bonds. The average Bonchev–Trinajstić information content (AvgIpc) is 3.27. The number of aliphatic hydroxyl groups is 1. The van der Waals surface area contributed by atoms with E-state index in [1.807, 2.05) is 30.3 Å². The van der Waals surface area contributed by atoms with E-state index in [4.69, 9.17) is 10.5 Å². The molecule has 4 N–H and O–H groups in total. The molecule has 11 heteroatoms. The van der Waals surface area contributed by atoms with Gasteiger partial charge >= 0.3 is 5.97 Å². The minimum Gasteiger partial charge on any atom is -0.464 e. The molecule has 0 radical (unpaired) electrons. The molecular weight excluding hydrogens is 342 g/mol. The molecule has 2 heterocycles. The van der Waals surface area contributed by atoms with Gasteiger partial charge in [0.2, 0.25) is 11.6 Å². The number of nitrogen functional groups attached to an aromatic ring is 1. The molecule has 3 rings (SSSR count). The molecule has 1 aromatic carbocycles. The summed E-state index contributed by atoms with van der Waals surface area (Å²) >= 11 is 0. The van der Waals surface area contributed by atoms with Gasteiger partial charge in [-0.1, -0.05) is 35.5 Å². The van der Waals surface area contributed by atoms with Crippen LogP contribution in [0.5, 0.6) is 0 Å². The summed E-state index contributed by atoms with van der Waals surface area (Å²) in [7, 11) is 1.24. The summed E-state index contributed by atoms with van der Waals surface area (Å²) < 4.78 is 10.5. The largest absolute Gasteiger partial charge is 0.464 e. The van der Waals surface area contributed by atoms with Crippen molar-refractivity contribution in [3.05, 3.63) is 47.3 Å². The topological polar surface area (TPSA) is 154 Å². The van der Waals surface area contributed by atoms with E-state index >= 15 is 0 Å². The fourth-order valence-electron chi connectivity index (χ4n) is 2.34. The van der Waals surface area contributed by atoms with Gasteiger partial charge in [-0.25, -0.2) is 9.42 Å². The fraction of sp³-hybridized carbons (Fsp3) is 0.267. The fourth-order valence-corrected chi connectivity index (χ4v) is 2.34. The summed E-state index contributed by atoms with van der Waals surface area (Å²) in [4.78, 5) is 11.9. The van der Waals surface area contributed by atoms with Gasteiger partial charge < -0.3 is 20.9 Å². The number of carbonyl (C=O) groups excluding carboxylic acids is 1. The Bertz CT molecular complexity index is 877. The molecule has 0 fully saturated rings. The van der Waals surface area contributed by atoms with Gasteiger partial charge in [-0.3, -0.25) is 0 Å². The quantitative estimate of drug-likeness (QED) is 0.485. The van der Waals surface area contributed by atoms with Crippen molar-refractivity contribution in [3.8, 4) is 5.82 Å². The molecule has 0 saturated carbocycles. The van der Waals surface area contributed by atoms with Crippen LogP contribution in [0.15, 0.2) is 35.0 Å². The van der Waals surface area contributed by atoms with Crippen LogP contribution >= 0.6 is 0 Å². The SMILES string of the molecule is COC(=O)c1nnn(-c2nonc2N)c1CNC[C@@H](O)c1ccccc1. The van der Waals surface area contributed by atoms with Gasteiger partial charge in [0.05, 0.1) is 18.9 Å². The molecule has 0 aliphatic carbocycles. The van der Waals surface area contributed by atoms with E-state index < -0.39 is 12.1 Å². The van der Waals surface area contributed by atoms with Gasteiger partial charge in [0.1, 0.15) is 0 Å². The Morgan fingerprint density at radius 1 is 1.38 bits per heavy atom. The first kappa shape index (κ1) is 17.5. The van der Waals surface area contributed by atoms with Crippen LogP contribution in [0.2, 0.25) is 0 Å². The maximum absolute atomic E-state index is 11.9. The molecule has 136 valence electrons. The normalized spacial score (nSPS) is 12.1. The van der Waals surface area contributed by atoms with E-state index in [1.54, 1.807) is 0 Å². The van der Waals surface area contributed by atoms with Crippen LogP contribution in [0.4, 0.5) is 5.82 Å². The summed E-state index contributed by atoms with van der Waals surface area (Å²) in [5, 5.41) is 28.1. The molecule has 1 atom stereocenters. The number of hydrogen-bond acceptors (Lipinski definition) is 10. The van der Waals surface area contributed by atoms with Crippen molar-refractivity contribution < 1.29 is 19.3 Å². The van der Waals surface area contributed by atoms with Gasteiger partial charge in [-0.2, -0.15) is 4.68 Å². The average molecular weight is 359 g/mol. The van der Waals surface area contributed by atoms with Crippen molar-refractivity contribution in [2.45, 2.75) is 12.6 Å². The molecule has 3 aromatic rings. The monoisotopic (exact) mass is 359 g/mol. The second kappa shape index (κ2) is 7.72. The molecule has 26 heavy (non-hydrogen) atoms. The van der Waals surface area contributed by atoms with Crippen LogP contribution in [0.1, 0.15) is 27.8 Å². The highest BCUT2D eigenvalue weighted by molar-refractivity contribution is 5.88. The van der Waals surface area contributed by atoms with Crippen LogP contribution in [0.3, 0.4) is 0 Å². The lowest BCUT2D eigenvalue weighted by Crippen LogP contribution is -2.24. The third kappa shape index (κ3) is 3.53. The van der Waals surface area contributed by atoms with Gasteiger partial charge in [-0.05, 0) is 15.9 Å². The maximum Gasteiger partial charge on any atom is 0.360 e. The van der Waals surface area contributed by atoms with Crippen LogP contribution in [-0.2, 0) is 11.3 Å². The Morgan fingerprint density at radius 3 is 2.81 bits per heavy atom. The van der Waals surface area contributed by atoms with E-state index in [1.165, 1.54) is 11.8 Å². The van der Waals surface area contributed by atoms with E-state index in [-0.39, 0.29) is 30.4 Å². The van der Waals surface area contributed by atoms with Gasteiger partial charge in [0.15, 0.2) is 5.69 Å². The summed E-state index contributed by atoms with van der Waals surface area (Å²) in [5.74, 6) is -0.559. The number of anilines is 1. The van der Waals surface area contributed by atoms with Crippen LogP contribution < -0.4 is 11.1 Å². The molecule has 0 unspecified atom stereocenters. The number of aromatic nitrogens is 5. The van der Waals surface area contributed by atoms with E-state index in [0.717, 1.165) is 5.56 Å². The first-order valence-electron chi connectivity index (χ1n) is 7.66. The number of nitrogens with zero attached hydrogens (tertiary/aromatic N) is 5. The van der Waals surface area contributed by atoms with E-state index in [0.29, 0.717) is 5.69 Å². The van der Waals surface area contributed by atoms with Crippen molar-refractivity contribution in [3.63, 3.8) is 0 Å². The van der Waals surface area contributed by atoms with Crippen LogP contribution in [0.25, 0.3) is 5.82 Å². The van der Waals surface area contributed by atoms with Crippen molar-refractivity contribution >= 4 is 11.8 Å². The molecule has 0 bridgehead atoms. The predicted octanol–water partition coefficient (Wildman–Crippen LogP) is -0.158. The second-order valence-corrected chi connectivity index (χ2v) is 5.32. The minimum absolute atomic E-state index is 0.00288. The number of esters is 1. The van der Waals surface area contributed by atoms with Gasteiger partial charge in [0, 0.05) is 13.1 Å². The maximum atomic E-state index is 11.9. The van der Waals surface area contributed by atoms with Crippen molar-refractivity contribution in [2.24, 2.45) is 0 Å². The Morgan fingerprint density at radius 2 is 2.15 bits per heavy atom. The van der Waals surface area contributed by atoms with Crippen LogP contribution in [-0.4, -0.2) is 50.0 Å². The standard InChI is InChI=1S/C15H17N7O4/c1-25-15(24)12-10(22(21-18-12)14-13(16)19-26-20-14)7-17-8-11(23)9-5-3-2-4-6-9/h2-6,11,17,23H,7-8H2,1H3,(H2,16,19)/t11-/m1/s1. The van der Waals surface area contributed by atoms with Crippen molar-refractivity contribution in [1.82, 2.24) is 30.6 Å². The number of nitrogens with one attached hydrogen (secondary N) is 1. The third-order valence-electron chi connectivity index (χ3n) is 3.65. The molecule has 0 aliphatic rings. The number of methoxy groups -OCH3 is 1. The molecule has 0 aliphatic heterocycles. The predicted molar refractivity (Wildman–Crippen MR) is 88.1 cm³/mol. The zero-order valence-corrected chi connectivity index (χ0v) is 13.9. The van der Waals surface area contributed by atoms with Crippen molar-refractivity contribution in [2.75, 3.05) is 19.4 Å². The summed E-state index contributed by atoms with van der Waals surface area (Å²) in [6.45, 7) is 0.385. The minimum atomic E-state index is -0.721. The number of nitrogens with two attached hydrogens (primary N) is 1.